The summed E-state index contributed by atoms with van der Waals surface area (Å²) in [5, 5.41) is 13.6. The van der Waals surface area contributed by atoms with Gasteiger partial charge in [-0.25, -0.2) is 0 Å². The van der Waals surface area contributed by atoms with Crippen molar-refractivity contribution in [1.29, 1.82) is 0 Å². The number of aliphatic hydroxyl groups excluding tert-OH is 1. The van der Waals surface area contributed by atoms with E-state index in [1.165, 1.54) is 12.8 Å². The van der Waals surface area contributed by atoms with Crippen molar-refractivity contribution in [2.75, 3.05) is 19.8 Å². The molecule has 2 unspecified atom stereocenters. The summed E-state index contributed by atoms with van der Waals surface area (Å²) in [6, 6.07) is 8.06. The van der Waals surface area contributed by atoms with Gasteiger partial charge in [-0.2, -0.15) is 0 Å². The van der Waals surface area contributed by atoms with Gasteiger partial charge in [0.1, 0.15) is 5.75 Å². The fourth-order valence-corrected chi connectivity index (χ4v) is 2.80. The van der Waals surface area contributed by atoms with Gasteiger partial charge >= 0.3 is 0 Å². The average molecular weight is 247 g/mol. The van der Waals surface area contributed by atoms with Gasteiger partial charge < -0.3 is 15.2 Å². The highest BCUT2D eigenvalue weighted by molar-refractivity contribution is 5.41. The van der Waals surface area contributed by atoms with Gasteiger partial charge in [0.25, 0.3) is 0 Å². The third-order valence-corrected chi connectivity index (χ3v) is 4.35. The zero-order chi connectivity index (χ0) is 12.6. The van der Waals surface area contributed by atoms with E-state index in [9.17, 15) is 5.11 Å². The molecular formula is C15H21NO2. The lowest BCUT2D eigenvalue weighted by atomic mass is 9.77. The molecule has 1 aromatic carbocycles. The van der Waals surface area contributed by atoms with Crippen molar-refractivity contribution >= 4 is 0 Å². The molecule has 0 bridgehead atoms. The van der Waals surface area contributed by atoms with Crippen LogP contribution in [0.4, 0.5) is 0 Å². The van der Waals surface area contributed by atoms with Gasteiger partial charge in [-0.3, -0.25) is 0 Å². The lowest BCUT2D eigenvalue weighted by Gasteiger charge is -2.43. The Hall–Kier alpha value is -1.06. The summed E-state index contributed by atoms with van der Waals surface area (Å²) in [6.07, 6.45) is 2.64. The van der Waals surface area contributed by atoms with Crippen LogP contribution in [-0.4, -0.2) is 24.9 Å². The molecule has 1 aromatic rings. The molecule has 0 aromatic heterocycles. The second-order valence-corrected chi connectivity index (χ2v) is 5.66. The molecule has 3 nitrogen and oxygen atoms in total. The van der Waals surface area contributed by atoms with Crippen LogP contribution in [0, 0.1) is 11.8 Å². The van der Waals surface area contributed by atoms with Crippen LogP contribution in [0.2, 0.25) is 0 Å². The number of hydrogen-bond donors (Lipinski definition) is 2. The number of rotatable bonds is 4. The molecule has 1 aliphatic carbocycles. The van der Waals surface area contributed by atoms with Crippen LogP contribution < -0.4 is 10.1 Å². The number of benzene rings is 1. The molecule has 98 valence electrons. The summed E-state index contributed by atoms with van der Waals surface area (Å²) >= 11 is 0. The van der Waals surface area contributed by atoms with Crippen LogP contribution in [0.5, 0.6) is 5.75 Å². The molecule has 3 rings (SSSR count). The fraction of sp³-hybridized carbons (Fsp3) is 0.600. The second kappa shape index (κ2) is 4.56. The normalized spacial score (nSPS) is 30.7. The smallest absolute Gasteiger partial charge is 0.124 e. The van der Waals surface area contributed by atoms with Crippen molar-refractivity contribution in [3.63, 3.8) is 0 Å². The number of para-hydroxylation sites is 1. The van der Waals surface area contributed by atoms with Gasteiger partial charge in [0.2, 0.25) is 0 Å². The van der Waals surface area contributed by atoms with Gasteiger partial charge in [0.15, 0.2) is 0 Å². The third-order valence-electron chi connectivity index (χ3n) is 4.35. The van der Waals surface area contributed by atoms with E-state index in [0.29, 0.717) is 6.61 Å². The molecule has 2 N–H and O–H groups in total. The highest BCUT2D eigenvalue weighted by Crippen LogP contribution is 2.41. The minimum atomic E-state index is -0.336. The Kier molecular flexibility index (Phi) is 3.04. The van der Waals surface area contributed by atoms with Crippen molar-refractivity contribution in [1.82, 2.24) is 5.32 Å². The largest absolute Gasteiger partial charge is 0.493 e. The molecule has 2 atom stereocenters. The summed E-state index contributed by atoms with van der Waals surface area (Å²) in [6.45, 7) is 3.93. The maximum absolute atomic E-state index is 9.97. The number of hydrogen-bond acceptors (Lipinski definition) is 3. The zero-order valence-electron chi connectivity index (χ0n) is 10.9. The van der Waals surface area contributed by atoms with Gasteiger partial charge in [0.05, 0.1) is 18.8 Å². The van der Waals surface area contributed by atoms with Crippen molar-refractivity contribution < 1.29 is 9.84 Å². The highest BCUT2D eigenvalue weighted by Gasteiger charge is 2.43. The molecule has 0 radical (unpaired) electrons. The molecule has 1 aliphatic heterocycles. The SMILES string of the molecule is CC1COc2ccccc2C1(CO)NCC1CC1. The summed E-state index contributed by atoms with van der Waals surface area (Å²) in [5.74, 6) is 1.99. The van der Waals surface area contributed by atoms with Crippen molar-refractivity contribution in [2.45, 2.75) is 25.3 Å². The Morgan fingerprint density at radius 1 is 1.39 bits per heavy atom. The van der Waals surface area contributed by atoms with Crippen LogP contribution in [0.3, 0.4) is 0 Å². The van der Waals surface area contributed by atoms with Gasteiger partial charge in [-0.05, 0) is 31.4 Å². The van der Waals surface area contributed by atoms with Crippen molar-refractivity contribution in [2.24, 2.45) is 11.8 Å². The Morgan fingerprint density at radius 3 is 2.89 bits per heavy atom. The lowest BCUT2D eigenvalue weighted by Crippen LogP contribution is -2.55. The molecular weight excluding hydrogens is 226 g/mol. The first kappa shape index (κ1) is 12.0. The Balaban J connectivity index is 1.93. The second-order valence-electron chi connectivity index (χ2n) is 5.66. The molecule has 3 heteroatoms. The van der Waals surface area contributed by atoms with Crippen LogP contribution in [0.15, 0.2) is 24.3 Å². The first-order chi connectivity index (χ1) is 8.76. The summed E-state index contributed by atoms with van der Waals surface area (Å²) < 4.78 is 5.76. The van der Waals surface area contributed by atoms with Gasteiger partial charge in [-0.1, -0.05) is 25.1 Å². The minimum absolute atomic E-state index is 0.126. The summed E-state index contributed by atoms with van der Waals surface area (Å²) in [5.41, 5.74) is 0.768. The Morgan fingerprint density at radius 2 is 2.17 bits per heavy atom. The van der Waals surface area contributed by atoms with Crippen molar-refractivity contribution in [3.8, 4) is 5.75 Å². The van der Waals surface area contributed by atoms with Crippen molar-refractivity contribution in [3.05, 3.63) is 29.8 Å². The predicted octanol–water partition coefficient (Wildman–Crippen LogP) is 1.90. The molecule has 2 aliphatic rings. The van der Waals surface area contributed by atoms with Crippen LogP contribution in [0.25, 0.3) is 0 Å². The number of nitrogens with one attached hydrogen (secondary N) is 1. The van der Waals surface area contributed by atoms with Crippen LogP contribution in [0.1, 0.15) is 25.3 Å². The first-order valence-electron chi connectivity index (χ1n) is 6.84. The minimum Gasteiger partial charge on any atom is -0.493 e. The van der Waals surface area contributed by atoms with E-state index >= 15 is 0 Å². The van der Waals surface area contributed by atoms with E-state index in [4.69, 9.17) is 4.74 Å². The van der Waals surface area contributed by atoms with E-state index < -0.39 is 0 Å². The summed E-state index contributed by atoms with van der Waals surface area (Å²) in [7, 11) is 0. The predicted molar refractivity (Wildman–Crippen MR) is 70.6 cm³/mol. The van der Waals surface area contributed by atoms with Crippen LogP contribution >= 0.6 is 0 Å². The van der Waals surface area contributed by atoms with E-state index in [-0.39, 0.29) is 18.1 Å². The zero-order valence-corrected chi connectivity index (χ0v) is 10.9. The van der Waals surface area contributed by atoms with Gasteiger partial charge in [-0.15, -0.1) is 0 Å². The fourth-order valence-electron chi connectivity index (χ4n) is 2.80. The van der Waals surface area contributed by atoms with E-state index in [1.807, 2.05) is 18.2 Å². The monoisotopic (exact) mass is 247 g/mol. The standard InChI is InChI=1S/C15H21NO2/c1-11-9-18-14-5-3-2-4-13(14)15(11,10-17)16-8-12-6-7-12/h2-5,11-12,16-17H,6-10H2,1H3. The molecule has 1 fully saturated rings. The molecule has 0 amide bonds. The maximum atomic E-state index is 9.97. The van der Waals surface area contributed by atoms with Crippen LogP contribution in [-0.2, 0) is 5.54 Å². The molecule has 1 heterocycles. The number of fused-ring (bicyclic) bond motifs is 1. The lowest BCUT2D eigenvalue weighted by molar-refractivity contribution is 0.0550. The highest BCUT2D eigenvalue weighted by atomic mass is 16.5. The molecule has 0 spiro atoms. The van der Waals surface area contributed by atoms with E-state index in [2.05, 4.69) is 18.3 Å². The number of ether oxygens (including phenoxy) is 1. The quantitative estimate of drug-likeness (QED) is 0.854. The summed E-state index contributed by atoms with van der Waals surface area (Å²) in [4.78, 5) is 0. The Labute approximate surface area is 108 Å². The Bertz CT molecular complexity index is 430. The van der Waals surface area contributed by atoms with Gasteiger partial charge in [0, 0.05) is 11.5 Å². The molecule has 18 heavy (non-hydrogen) atoms. The molecule has 0 saturated heterocycles. The number of aliphatic hydroxyl groups is 1. The molecule has 1 saturated carbocycles. The first-order valence-corrected chi connectivity index (χ1v) is 6.84. The van der Waals surface area contributed by atoms with E-state index in [0.717, 1.165) is 23.8 Å². The average Bonchev–Trinajstić information content (AvgIpc) is 3.22. The maximum Gasteiger partial charge on any atom is 0.124 e. The third kappa shape index (κ3) is 1.91. The van der Waals surface area contributed by atoms with E-state index in [1.54, 1.807) is 0 Å². The topological polar surface area (TPSA) is 41.5 Å².